The number of hydrogen-bond acceptors (Lipinski definition) is 7. The lowest BCUT2D eigenvalue weighted by atomic mass is 10.2. The zero-order chi connectivity index (χ0) is 22.0. The smallest absolute Gasteiger partial charge is 0.290 e. The Bertz CT molecular complexity index is 1130. The van der Waals surface area contributed by atoms with E-state index in [0.717, 1.165) is 17.9 Å². The molecule has 0 bridgehead atoms. The molecule has 0 saturated heterocycles. The molecule has 162 valence electrons. The van der Waals surface area contributed by atoms with Crippen molar-refractivity contribution in [2.75, 3.05) is 19.0 Å². The van der Waals surface area contributed by atoms with E-state index < -0.39 is 5.82 Å². The summed E-state index contributed by atoms with van der Waals surface area (Å²) in [5.74, 6) is 1.31. The van der Waals surface area contributed by atoms with Gasteiger partial charge >= 0.3 is 0 Å². The maximum Gasteiger partial charge on any atom is 0.290 e. The Hall–Kier alpha value is -3.49. The first-order chi connectivity index (χ1) is 14.9. The molecule has 0 amide bonds. The van der Waals surface area contributed by atoms with Crippen molar-refractivity contribution in [2.45, 2.75) is 25.8 Å². The van der Waals surface area contributed by atoms with Crippen LogP contribution >= 0.6 is 0 Å². The molecule has 2 unspecified atom stereocenters. The van der Waals surface area contributed by atoms with Crippen molar-refractivity contribution in [3.8, 4) is 11.6 Å². The van der Waals surface area contributed by atoms with E-state index in [2.05, 4.69) is 20.4 Å². The normalized spacial score (nSPS) is 17.3. The number of halogens is 1. The molecule has 0 spiro atoms. The highest BCUT2D eigenvalue weighted by atomic mass is 19.1. The fraction of sp³-hybridized carbons (Fsp3) is 0.364. The molecule has 4 rings (SSSR count). The third-order valence-corrected chi connectivity index (χ3v) is 5.29. The van der Waals surface area contributed by atoms with Crippen LogP contribution in [0.15, 0.2) is 41.3 Å². The van der Waals surface area contributed by atoms with E-state index >= 15 is 0 Å². The van der Waals surface area contributed by atoms with E-state index in [9.17, 15) is 9.18 Å². The first-order valence-electron chi connectivity index (χ1n) is 10.0. The van der Waals surface area contributed by atoms with Gasteiger partial charge in [-0.05, 0) is 37.6 Å². The minimum Gasteiger partial charge on any atom is -0.495 e. The highest BCUT2D eigenvalue weighted by Gasteiger charge is 2.40. The third-order valence-electron chi connectivity index (χ3n) is 5.29. The van der Waals surface area contributed by atoms with Crippen LogP contribution in [0.1, 0.15) is 29.4 Å². The van der Waals surface area contributed by atoms with Crippen LogP contribution in [-0.4, -0.2) is 33.5 Å². The van der Waals surface area contributed by atoms with Crippen molar-refractivity contribution < 1.29 is 13.9 Å². The number of nitrogens with one attached hydrogen (secondary N) is 1. The van der Waals surface area contributed by atoms with Crippen LogP contribution in [0.4, 0.5) is 10.1 Å². The predicted octanol–water partition coefficient (Wildman–Crippen LogP) is 2.82. The number of aromatic nitrogens is 4. The number of pyridine rings is 2. The summed E-state index contributed by atoms with van der Waals surface area (Å²) in [4.78, 5) is 21.0. The topological polar surface area (TPSA) is 91.2 Å². The largest absolute Gasteiger partial charge is 0.495 e. The van der Waals surface area contributed by atoms with Crippen LogP contribution in [0.3, 0.4) is 0 Å². The van der Waals surface area contributed by atoms with Crippen LogP contribution in [0.2, 0.25) is 0 Å². The first-order valence-corrected chi connectivity index (χ1v) is 10.0. The second-order valence-electron chi connectivity index (χ2n) is 7.60. The van der Waals surface area contributed by atoms with Crippen LogP contribution in [-0.2, 0) is 13.6 Å². The zero-order valence-electron chi connectivity index (χ0n) is 17.6. The highest BCUT2D eigenvalue weighted by Crippen LogP contribution is 2.46. The Labute approximate surface area is 179 Å². The SMILES string of the molecule is COc1ccc(C2CC2COc2cc(NCc3nc(C)ccc3F)c(=O)n(C)n2)nc1. The standard InChI is InChI=1S/C22H24FN5O3/c1-13-4-6-17(23)20(26-13)11-25-19-9-21(27-28(2)22(19)29)31-12-14-8-16(14)18-7-5-15(30-3)10-24-18/h4-7,9-10,14,16,25H,8,11-12H2,1-3H3. The Morgan fingerprint density at radius 3 is 2.87 bits per heavy atom. The Morgan fingerprint density at radius 1 is 1.29 bits per heavy atom. The number of nitrogens with zero attached hydrogens (tertiary/aromatic N) is 4. The van der Waals surface area contributed by atoms with Gasteiger partial charge in [0.15, 0.2) is 0 Å². The lowest BCUT2D eigenvalue weighted by Crippen LogP contribution is -2.24. The monoisotopic (exact) mass is 425 g/mol. The summed E-state index contributed by atoms with van der Waals surface area (Å²) in [6, 6.07) is 8.37. The van der Waals surface area contributed by atoms with Crippen LogP contribution in [0.5, 0.6) is 11.6 Å². The Morgan fingerprint density at radius 2 is 2.13 bits per heavy atom. The molecular formula is C22H24FN5O3. The molecule has 1 fully saturated rings. The van der Waals surface area contributed by atoms with E-state index in [0.29, 0.717) is 30.0 Å². The fourth-order valence-corrected chi connectivity index (χ4v) is 3.39. The summed E-state index contributed by atoms with van der Waals surface area (Å²) in [5.41, 5.74) is 1.91. The second-order valence-corrected chi connectivity index (χ2v) is 7.60. The van der Waals surface area contributed by atoms with Gasteiger partial charge < -0.3 is 14.8 Å². The molecule has 8 nitrogen and oxygen atoms in total. The zero-order valence-corrected chi connectivity index (χ0v) is 17.6. The molecule has 31 heavy (non-hydrogen) atoms. The molecule has 0 aromatic carbocycles. The summed E-state index contributed by atoms with van der Waals surface area (Å²) in [6.45, 7) is 2.34. The van der Waals surface area contributed by atoms with Gasteiger partial charge in [0.25, 0.3) is 5.56 Å². The van der Waals surface area contributed by atoms with Crippen molar-refractivity contribution in [3.05, 3.63) is 69.8 Å². The number of hydrogen-bond donors (Lipinski definition) is 1. The average molecular weight is 425 g/mol. The third kappa shape index (κ3) is 4.82. The molecule has 3 aromatic heterocycles. The Balaban J connectivity index is 1.38. The van der Waals surface area contributed by atoms with E-state index in [1.807, 2.05) is 12.1 Å². The maximum absolute atomic E-state index is 13.9. The van der Waals surface area contributed by atoms with Crippen molar-refractivity contribution in [1.29, 1.82) is 0 Å². The lowest BCUT2D eigenvalue weighted by Gasteiger charge is -2.11. The summed E-state index contributed by atoms with van der Waals surface area (Å²) in [6.07, 6.45) is 2.69. The molecule has 1 saturated carbocycles. The van der Waals surface area contributed by atoms with Gasteiger partial charge in [-0.2, -0.15) is 0 Å². The minimum atomic E-state index is -0.424. The number of ether oxygens (including phenoxy) is 2. The van der Waals surface area contributed by atoms with Gasteiger partial charge in [0.1, 0.15) is 17.3 Å². The van der Waals surface area contributed by atoms with Gasteiger partial charge in [-0.3, -0.25) is 14.8 Å². The molecule has 1 aliphatic carbocycles. The van der Waals surface area contributed by atoms with Crippen LogP contribution in [0.25, 0.3) is 0 Å². The summed E-state index contributed by atoms with van der Waals surface area (Å²) in [7, 11) is 3.16. The van der Waals surface area contributed by atoms with Gasteiger partial charge in [0.2, 0.25) is 5.88 Å². The van der Waals surface area contributed by atoms with Gasteiger partial charge in [-0.25, -0.2) is 9.07 Å². The van der Waals surface area contributed by atoms with Crippen LogP contribution in [0, 0.1) is 18.7 Å². The van der Waals surface area contributed by atoms with Crippen LogP contribution < -0.4 is 20.3 Å². The lowest BCUT2D eigenvalue weighted by molar-refractivity contribution is 0.278. The molecule has 2 atom stereocenters. The van der Waals surface area contributed by atoms with Crippen molar-refractivity contribution in [3.63, 3.8) is 0 Å². The quantitative estimate of drug-likeness (QED) is 0.593. The van der Waals surface area contributed by atoms with Crippen molar-refractivity contribution in [2.24, 2.45) is 13.0 Å². The fourth-order valence-electron chi connectivity index (χ4n) is 3.39. The molecule has 3 heterocycles. The number of aryl methyl sites for hydroxylation is 2. The molecule has 1 aliphatic rings. The first kappa shape index (κ1) is 20.8. The van der Waals surface area contributed by atoms with Gasteiger partial charge in [-0.1, -0.05) is 0 Å². The van der Waals surface area contributed by atoms with E-state index in [-0.39, 0.29) is 23.5 Å². The van der Waals surface area contributed by atoms with E-state index in [4.69, 9.17) is 9.47 Å². The van der Waals surface area contributed by atoms with Gasteiger partial charge in [0.05, 0.1) is 32.2 Å². The molecule has 3 aromatic rings. The van der Waals surface area contributed by atoms with Gasteiger partial charge in [0, 0.05) is 36.3 Å². The van der Waals surface area contributed by atoms with Gasteiger partial charge in [-0.15, -0.1) is 5.10 Å². The molecule has 0 radical (unpaired) electrons. The summed E-state index contributed by atoms with van der Waals surface area (Å²) in [5, 5.41) is 7.11. The van der Waals surface area contributed by atoms with E-state index in [1.54, 1.807) is 39.4 Å². The number of rotatable bonds is 8. The van der Waals surface area contributed by atoms with Crippen molar-refractivity contribution >= 4 is 5.69 Å². The van der Waals surface area contributed by atoms with Crippen molar-refractivity contribution in [1.82, 2.24) is 19.7 Å². The molecule has 0 aliphatic heterocycles. The number of methoxy groups -OCH3 is 1. The number of anilines is 1. The molecule has 9 heteroatoms. The predicted molar refractivity (Wildman–Crippen MR) is 113 cm³/mol. The average Bonchev–Trinajstić information content (AvgIpc) is 3.55. The summed E-state index contributed by atoms with van der Waals surface area (Å²) < 4.78 is 26.1. The molecule has 1 N–H and O–H groups in total. The Kier molecular flexibility index (Phi) is 5.83. The minimum absolute atomic E-state index is 0.0834. The molecular weight excluding hydrogens is 401 g/mol. The summed E-state index contributed by atoms with van der Waals surface area (Å²) >= 11 is 0. The van der Waals surface area contributed by atoms with E-state index in [1.165, 1.54) is 10.7 Å². The highest BCUT2D eigenvalue weighted by molar-refractivity contribution is 5.43. The maximum atomic E-state index is 13.9. The second kappa shape index (κ2) is 8.71.